The van der Waals surface area contributed by atoms with E-state index in [4.69, 9.17) is 20.0 Å². The van der Waals surface area contributed by atoms with Crippen molar-refractivity contribution in [3.63, 3.8) is 0 Å². The molecule has 18 heavy (non-hydrogen) atoms. The van der Waals surface area contributed by atoms with Gasteiger partial charge in [0, 0.05) is 6.07 Å². The van der Waals surface area contributed by atoms with Crippen LogP contribution in [0.1, 0.15) is 19.4 Å². The second kappa shape index (κ2) is 6.98. The summed E-state index contributed by atoms with van der Waals surface area (Å²) in [6.45, 7) is 4.86. The van der Waals surface area contributed by atoms with Crippen molar-refractivity contribution in [1.29, 1.82) is 10.5 Å². The number of benzene rings is 1. The second-order valence-electron chi connectivity index (χ2n) is 3.39. The molecule has 0 aliphatic rings. The average molecular weight is 242 g/mol. The molecule has 0 amide bonds. The van der Waals surface area contributed by atoms with E-state index >= 15 is 0 Å². The smallest absolute Gasteiger partial charge is 0.130 e. The Bertz CT molecular complexity index is 481. The van der Waals surface area contributed by atoms with E-state index in [1.54, 1.807) is 18.2 Å². The Hall–Kier alpha value is -2.46. The zero-order valence-electron chi connectivity index (χ0n) is 10.4. The van der Waals surface area contributed by atoms with E-state index in [1.807, 2.05) is 26.0 Å². The van der Waals surface area contributed by atoms with Gasteiger partial charge < -0.3 is 9.47 Å². The molecule has 4 nitrogen and oxygen atoms in total. The summed E-state index contributed by atoms with van der Waals surface area (Å²) >= 11 is 0. The zero-order chi connectivity index (χ0) is 13.4. The Morgan fingerprint density at radius 3 is 1.94 bits per heavy atom. The SMILES string of the molecule is CCOc1cc(C=C(C#N)C#N)cc(OCC)c1. The minimum Gasteiger partial charge on any atom is -0.494 e. The summed E-state index contributed by atoms with van der Waals surface area (Å²) < 4.78 is 10.8. The Labute approximate surface area is 107 Å². The number of ether oxygens (including phenoxy) is 2. The normalized spacial score (nSPS) is 8.89. The molecule has 0 aromatic heterocycles. The zero-order valence-corrected chi connectivity index (χ0v) is 10.4. The van der Waals surface area contributed by atoms with Gasteiger partial charge in [0.2, 0.25) is 0 Å². The van der Waals surface area contributed by atoms with E-state index in [1.165, 1.54) is 6.08 Å². The molecule has 0 atom stereocenters. The predicted octanol–water partition coefficient (Wildman–Crippen LogP) is 2.91. The van der Waals surface area contributed by atoms with Crippen LogP contribution in [0.5, 0.6) is 11.5 Å². The number of nitriles is 2. The molecule has 0 saturated carbocycles. The molecule has 0 spiro atoms. The van der Waals surface area contributed by atoms with Gasteiger partial charge >= 0.3 is 0 Å². The van der Waals surface area contributed by atoms with Crippen molar-refractivity contribution in [2.75, 3.05) is 13.2 Å². The highest BCUT2D eigenvalue weighted by molar-refractivity contribution is 5.64. The standard InChI is InChI=1S/C14H14N2O2/c1-3-17-13-6-11(5-12(9-15)10-16)7-14(8-13)18-4-2/h5-8H,3-4H2,1-2H3. The van der Waals surface area contributed by atoms with Crippen LogP contribution in [0.2, 0.25) is 0 Å². The first-order valence-corrected chi connectivity index (χ1v) is 5.66. The van der Waals surface area contributed by atoms with E-state index in [9.17, 15) is 0 Å². The minimum atomic E-state index is 0.0473. The Kier molecular flexibility index (Phi) is 5.28. The molecule has 1 aromatic carbocycles. The molecule has 0 saturated heterocycles. The largest absolute Gasteiger partial charge is 0.494 e. The van der Waals surface area contributed by atoms with Crippen molar-refractivity contribution in [2.45, 2.75) is 13.8 Å². The van der Waals surface area contributed by atoms with Crippen LogP contribution in [-0.2, 0) is 0 Å². The molecule has 0 aliphatic carbocycles. The van der Waals surface area contributed by atoms with Gasteiger partial charge in [-0.05, 0) is 37.6 Å². The molecule has 0 heterocycles. The fourth-order valence-electron chi connectivity index (χ4n) is 1.43. The molecule has 0 N–H and O–H groups in total. The monoisotopic (exact) mass is 242 g/mol. The lowest BCUT2D eigenvalue weighted by atomic mass is 10.1. The summed E-state index contributed by atoms with van der Waals surface area (Å²) in [5.41, 5.74) is 0.758. The molecule has 0 bridgehead atoms. The number of hydrogen-bond donors (Lipinski definition) is 0. The van der Waals surface area contributed by atoms with Crippen LogP contribution >= 0.6 is 0 Å². The van der Waals surface area contributed by atoms with Crippen molar-refractivity contribution >= 4 is 6.08 Å². The highest BCUT2D eigenvalue weighted by Gasteiger charge is 2.02. The summed E-state index contributed by atoms with van der Waals surface area (Å²) in [5, 5.41) is 17.5. The maximum absolute atomic E-state index is 8.73. The third-order valence-corrected chi connectivity index (χ3v) is 2.08. The Morgan fingerprint density at radius 2 is 1.56 bits per heavy atom. The molecule has 1 rings (SSSR count). The van der Waals surface area contributed by atoms with Gasteiger partial charge in [0.1, 0.15) is 29.2 Å². The maximum Gasteiger partial charge on any atom is 0.130 e. The molecule has 0 aliphatic heterocycles. The number of hydrogen-bond acceptors (Lipinski definition) is 4. The van der Waals surface area contributed by atoms with Crippen LogP contribution in [-0.4, -0.2) is 13.2 Å². The lowest BCUT2D eigenvalue weighted by Gasteiger charge is -2.08. The van der Waals surface area contributed by atoms with Gasteiger partial charge in [0.15, 0.2) is 0 Å². The van der Waals surface area contributed by atoms with Gasteiger partial charge in [-0.25, -0.2) is 0 Å². The van der Waals surface area contributed by atoms with Gasteiger partial charge in [0.25, 0.3) is 0 Å². The van der Waals surface area contributed by atoms with Crippen LogP contribution in [0, 0.1) is 22.7 Å². The van der Waals surface area contributed by atoms with Gasteiger partial charge in [-0.3, -0.25) is 0 Å². The van der Waals surface area contributed by atoms with E-state index < -0.39 is 0 Å². The van der Waals surface area contributed by atoms with Gasteiger partial charge in [-0.2, -0.15) is 10.5 Å². The highest BCUT2D eigenvalue weighted by Crippen LogP contribution is 2.24. The summed E-state index contributed by atoms with van der Waals surface area (Å²) in [4.78, 5) is 0. The van der Waals surface area contributed by atoms with Gasteiger partial charge in [-0.15, -0.1) is 0 Å². The first kappa shape index (κ1) is 13.6. The number of nitrogens with zero attached hydrogens (tertiary/aromatic N) is 2. The van der Waals surface area contributed by atoms with E-state index in [0.29, 0.717) is 30.3 Å². The third-order valence-electron chi connectivity index (χ3n) is 2.08. The van der Waals surface area contributed by atoms with Crippen LogP contribution in [0.25, 0.3) is 6.08 Å². The van der Waals surface area contributed by atoms with Crippen molar-refractivity contribution in [3.8, 4) is 23.6 Å². The summed E-state index contributed by atoms with van der Waals surface area (Å²) in [6.07, 6.45) is 1.50. The van der Waals surface area contributed by atoms with Crippen molar-refractivity contribution in [1.82, 2.24) is 0 Å². The molecular formula is C14H14N2O2. The first-order chi connectivity index (χ1) is 8.73. The van der Waals surface area contributed by atoms with Crippen LogP contribution in [0.4, 0.5) is 0 Å². The van der Waals surface area contributed by atoms with Gasteiger partial charge in [-0.1, -0.05) is 0 Å². The second-order valence-corrected chi connectivity index (χ2v) is 3.39. The lowest BCUT2D eigenvalue weighted by molar-refractivity contribution is 0.323. The molecule has 0 radical (unpaired) electrons. The first-order valence-electron chi connectivity index (χ1n) is 5.66. The van der Waals surface area contributed by atoms with E-state index in [2.05, 4.69) is 0 Å². The fourth-order valence-corrected chi connectivity index (χ4v) is 1.43. The van der Waals surface area contributed by atoms with Gasteiger partial charge in [0.05, 0.1) is 13.2 Å². The third kappa shape index (κ3) is 3.84. The number of allylic oxidation sites excluding steroid dienone is 1. The number of rotatable bonds is 5. The van der Waals surface area contributed by atoms with Crippen LogP contribution in [0.3, 0.4) is 0 Å². The summed E-state index contributed by atoms with van der Waals surface area (Å²) in [5.74, 6) is 1.31. The van der Waals surface area contributed by atoms with E-state index in [0.717, 1.165) is 0 Å². The predicted molar refractivity (Wildman–Crippen MR) is 68.0 cm³/mol. The minimum absolute atomic E-state index is 0.0473. The van der Waals surface area contributed by atoms with Crippen molar-refractivity contribution in [2.24, 2.45) is 0 Å². The molecule has 4 heteroatoms. The van der Waals surface area contributed by atoms with Crippen molar-refractivity contribution in [3.05, 3.63) is 29.3 Å². The Balaban J connectivity index is 3.15. The highest BCUT2D eigenvalue weighted by atomic mass is 16.5. The lowest BCUT2D eigenvalue weighted by Crippen LogP contribution is -1.95. The van der Waals surface area contributed by atoms with E-state index in [-0.39, 0.29) is 5.57 Å². The molecule has 92 valence electrons. The summed E-state index contributed by atoms with van der Waals surface area (Å²) in [7, 11) is 0. The molecular weight excluding hydrogens is 228 g/mol. The topological polar surface area (TPSA) is 66.0 Å². The van der Waals surface area contributed by atoms with Crippen molar-refractivity contribution < 1.29 is 9.47 Å². The molecule has 0 unspecified atom stereocenters. The van der Waals surface area contributed by atoms with Crippen LogP contribution < -0.4 is 9.47 Å². The summed E-state index contributed by atoms with van der Waals surface area (Å²) in [6, 6.07) is 8.95. The molecule has 0 fully saturated rings. The Morgan fingerprint density at radius 1 is 1.06 bits per heavy atom. The average Bonchev–Trinajstić information content (AvgIpc) is 2.36. The quantitative estimate of drug-likeness (QED) is 0.744. The fraction of sp³-hybridized carbons (Fsp3) is 0.286. The molecule has 1 aromatic rings. The maximum atomic E-state index is 8.73. The van der Waals surface area contributed by atoms with Crippen LogP contribution in [0.15, 0.2) is 23.8 Å².